The molecule has 0 radical (unpaired) electrons. The standard InChI is InChI=1S/C9H9FN4/c1-14-6-4-8(13-14)12-9-7(10)3-2-5-11-9/h2-6H,1H3,(H,11,12,13). The molecule has 0 aromatic carbocycles. The molecule has 0 aliphatic rings. The van der Waals surface area contributed by atoms with Crippen molar-refractivity contribution in [3.63, 3.8) is 0 Å². The van der Waals surface area contributed by atoms with Crippen molar-refractivity contribution < 1.29 is 4.39 Å². The van der Waals surface area contributed by atoms with Gasteiger partial charge in [0.15, 0.2) is 17.5 Å². The van der Waals surface area contributed by atoms with Gasteiger partial charge in [-0.05, 0) is 12.1 Å². The lowest BCUT2D eigenvalue weighted by Gasteiger charge is -2.01. The molecule has 0 amide bonds. The molecule has 1 N–H and O–H groups in total. The zero-order valence-electron chi connectivity index (χ0n) is 7.61. The average molecular weight is 192 g/mol. The molecule has 72 valence electrons. The van der Waals surface area contributed by atoms with Crippen molar-refractivity contribution in [2.45, 2.75) is 0 Å². The molecule has 14 heavy (non-hydrogen) atoms. The zero-order valence-corrected chi connectivity index (χ0v) is 7.61. The second-order valence-electron chi connectivity index (χ2n) is 2.83. The molecular formula is C9H9FN4. The molecule has 2 aromatic heterocycles. The number of rotatable bonds is 2. The van der Waals surface area contributed by atoms with Crippen molar-refractivity contribution in [2.24, 2.45) is 7.05 Å². The number of halogens is 1. The number of anilines is 2. The molecule has 2 aromatic rings. The Labute approximate surface area is 80.4 Å². The van der Waals surface area contributed by atoms with E-state index >= 15 is 0 Å². The van der Waals surface area contributed by atoms with E-state index in [2.05, 4.69) is 15.4 Å². The second kappa shape index (κ2) is 3.45. The van der Waals surface area contributed by atoms with Crippen molar-refractivity contribution in [1.82, 2.24) is 14.8 Å². The zero-order chi connectivity index (χ0) is 9.97. The Kier molecular flexibility index (Phi) is 2.14. The average Bonchev–Trinajstić information content (AvgIpc) is 2.56. The van der Waals surface area contributed by atoms with Crippen LogP contribution < -0.4 is 5.32 Å². The normalized spacial score (nSPS) is 10.1. The minimum absolute atomic E-state index is 0.186. The fourth-order valence-electron chi connectivity index (χ4n) is 1.08. The van der Waals surface area contributed by atoms with Crippen LogP contribution in [0.25, 0.3) is 0 Å². The summed E-state index contributed by atoms with van der Waals surface area (Å²) in [5.41, 5.74) is 0. The Balaban J connectivity index is 2.23. The summed E-state index contributed by atoms with van der Waals surface area (Å²) < 4.78 is 14.8. The van der Waals surface area contributed by atoms with E-state index in [9.17, 15) is 4.39 Å². The van der Waals surface area contributed by atoms with Crippen molar-refractivity contribution in [3.8, 4) is 0 Å². The summed E-state index contributed by atoms with van der Waals surface area (Å²) in [6, 6.07) is 4.63. The van der Waals surface area contributed by atoms with Crippen LogP contribution in [0.1, 0.15) is 0 Å². The summed E-state index contributed by atoms with van der Waals surface area (Å²) >= 11 is 0. The van der Waals surface area contributed by atoms with Crippen LogP contribution in [0.2, 0.25) is 0 Å². The third-order valence-electron chi connectivity index (χ3n) is 1.72. The molecular weight excluding hydrogens is 183 g/mol. The van der Waals surface area contributed by atoms with E-state index in [0.717, 1.165) is 0 Å². The van der Waals surface area contributed by atoms with Gasteiger partial charge in [-0.15, -0.1) is 0 Å². The van der Waals surface area contributed by atoms with Crippen LogP contribution in [0, 0.1) is 5.82 Å². The highest BCUT2D eigenvalue weighted by Gasteiger charge is 2.03. The summed E-state index contributed by atoms with van der Waals surface area (Å²) in [5.74, 6) is 0.370. The number of nitrogens with zero attached hydrogens (tertiary/aromatic N) is 3. The molecule has 2 heterocycles. The van der Waals surface area contributed by atoms with Crippen molar-refractivity contribution in [2.75, 3.05) is 5.32 Å². The fraction of sp³-hybridized carbons (Fsp3) is 0.111. The van der Waals surface area contributed by atoms with Gasteiger partial charge in [0.25, 0.3) is 0 Å². The number of hydrogen-bond donors (Lipinski definition) is 1. The highest BCUT2D eigenvalue weighted by atomic mass is 19.1. The Morgan fingerprint density at radius 2 is 2.29 bits per heavy atom. The van der Waals surface area contributed by atoms with Gasteiger partial charge in [0, 0.05) is 25.5 Å². The summed E-state index contributed by atoms with van der Waals surface area (Å²) in [7, 11) is 1.79. The van der Waals surface area contributed by atoms with E-state index in [1.165, 1.54) is 12.3 Å². The Morgan fingerprint density at radius 3 is 2.93 bits per heavy atom. The summed E-state index contributed by atoms with van der Waals surface area (Å²) in [4.78, 5) is 3.85. The quantitative estimate of drug-likeness (QED) is 0.787. The number of aromatic nitrogens is 3. The van der Waals surface area contributed by atoms with E-state index < -0.39 is 5.82 Å². The monoisotopic (exact) mass is 192 g/mol. The van der Waals surface area contributed by atoms with Gasteiger partial charge in [-0.1, -0.05) is 0 Å². The van der Waals surface area contributed by atoms with Gasteiger partial charge in [0.05, 0.1) is 0 Å². The first-order valence-electron chi connectivity index (χ1n) is 4.13. The Bertz CT molecular complexity index is 438. The lowest BCUT2D eigenvalue weighted by atomic mass is 10.4. The topological polar surface area (TPSA) is 42.7 Å². The maximum atomic E-state index is 13.1. The van der Waals surface area contributed by atoms with Crippen LogP contribution in [0.3, 0.4) is 0 Å². The predicted octanol–water partition coefficient (Wildman–Crippen LogP) is 1.70. The second-order valence-corrected chi connectivity index (χ2v) is 2.83. The van der Waals surface area contributed by atoms with E-state index in [-0.39, 0.29) is 5.82 Å². The largest absolute Gasteiger partial charge is 0.321 e. The molecule has 0 unspecified atom stereocenters. The van der Waals surface area contributed by atoms with Gasteiger partial charge in [0.2, 0.25) is 0 Å². The molecule has 0 aliphatic carbocycles. The van der Waals surface area contributed by atoms with Gasteiger partial charge in [0.1, 0.15) is 0 Å². The van der Waals surface area contributed by atoms with Crippen LogP contribution in [-0.4, -0.2) is 14.8 Å². The van der Waals surface area contributed by atoms with Gasteiger partial charge in [-0.3, -0.25) is 4.68 Å². The highest BCUT2D eigenvalue weighted by molar-refractivity contribution is 5.51. The highest BCUT2D eigenvalue weighted by Crippen LogP contribution is 2.14. The van der Waals surface area contributed by atoms with Crippen molar-refractivity contribution in [1.29, 1.82) is 0 Å². The Morgan fingerprint density at radius 1 is 1.43 bits per heavy atom. The number of nitrogens with one attached hydrogen (secondary N) is 1. The predicted molar refractivity (Wildman–Crippen MR) is 50.7 cm³/mol. The molecule has 0 atom stereocenters. The van der Waals surface area contributed by atoms with Gasteiger partial charge >= 0.3 is 0 Å². The van der Waals surface area contributed by atoms with E-state index in [1.54, 1.807) is 30.1 Å². The molecule has 0 aliphatic heterocycles. The molecule has 0 spiro atoms. The minimum Gasteiger partial charge on any atom is -0.321 e. The third-order valence-corrected chi connectivity index (χ3v) is 1.72. The molecule has 2 rings (SSSR count). The number of aryl methyl sites for hydroxylation is 1. The fourth-order valence-corrected chi connectivity index (χ4v) is 1.08. The Hall–Kier alpha value is -1.91. The summed E-state index contributed by atoms with van der Waals surface area (Å²) in [6.45, 7) is 0. The van der Waals surface area contributed by atoms with Crippen LogP contribution >= 0.6 is 0 Å². The molecule has 5 heteroatoms. The molecule has 0 saturated heterocycles. The maximum absolute atomic E-state index is 13.1. The molecule has 0 saturated carbocycles. The van der Waals surface area contributed by atoms with Crippen LogP contribution in [0.4, 0.5) is 16.0 Å². The summed E-state index contributed by atoms with van der Waals surface area (Å²) in [5, 5.41) is 6.82. The van der Waals surface area contributed by atoms with Gasteiger partial charge in [-0.25, -0.2) is 9.37 Å². The maximum Gasteiger partial charge on any atom is 0.167 e. The van der Waals surface area contributed by atoms with Gasteiger partial charge < -0.3 is 5.32 Å². The first-order chi connectivity index (χ1) is 6.75. The SMILES string of the molecule is Cn1ccc(Nc2ncccc2F)n1. The van der Waals surface area contributed by atoms with Crippen molar-refractivity contribution >= 4 is 11.6 Å². The third kappa shape index (κ3) is 1.71. The van der Waals surface area contributed by atoms with Crippen LogP contribution in [0.15, 0.2) is 30.6 Å². The lowest BCUT2D eigenvalue weighted by Crippen LogP contribution is -1.98. The molecule has 0 fully saturated rings. The number of pyridine rings is 1. The molecule has 4 nitrogen and oxygen atoms in total. The van der Waals surface area contributed by atoms with E-state index in [1.807, 2.05) is 0 Å². The molecule has 0 bridgehead atoms. The first kappa shape index (κ1) is 8.68. The van der Waals surface area contributed by atoms with Crippen molar-refractivity contribution in [3.05, 3.63) is 36.4 Å². The van der Waals surface area contributed by atoms with Crippen LogP contribution in [-0.2, 0) is 7.05 Å². The smallest absolute Gasteiger partial charge is 0.167 e. The van der Waals surface area contributed by atoms with Crippen LogP contribution in [0.5, 0.6) is 0 Å². The van der Waals surface area contributed by atoms with E-state index in [4.69, 9.17) is 0 Å². The first-order valence-corrected chi connectivity index (χ1v) is 4.13. The minimum atomic E-state index is -0.391. The van der Waals surface area contributed by atoms with Gasteiger partial charge in [-0.2, -0.15) is 5.10 Å². The van der Waals surface area contributed by atoms with E-state index in [0.29, 0.717) is 5.82 Å². The summed E-state index contributed by atoms with van der Waals surface area (Å²) in [6.07, 6.45) is 3.29. The lowest BCUT2D eigenvalue weighted by molar-refractivity contribution is 0.626. The number of hydrogen-bond acceptors (Lipinski definition) is 3.